The van der Waals surface area contributed by atoms with E-state index in [1.54, 1.807) is 0 Å². The molecular weight excluding hydrogens is 234 g/mol. The van der Waals surface area contributed by atoms with Gasteiger partial charge in [0, 0.05) is 31.5 Å². The van der Waals surface area contributed by atoms with E-state index in [2.05, 4.69) is 21.3 Å². The lowest BCUT2D eigenvalue weighted by Crippen LogP contribution is -2.40. The van der Waals surface area contributed by atoms with Crippen LogP contribution in [0.4, 0.5) is 0 Å². The summed E-state index contributed by atoms with van der Waals surface area (Å²) in [5.41, 5.74) is 1.36. The van der Waals surface area contributed by atoms with Crippen molar-refractivity contribution < 1.29 is 0 Å². The number of hydrogen-bond acceptors (Lipinski definition) is 3. The highest BCUT2D eigenvalue weighted by Crippen LogP contribution is 2.21. The standard InChI is InChI=1S/C16H25N3/c1-3-14(11-17-8-1)7-10-19-9-2-4-15(13-19)12-18-16-5-6-16/h1,3,8,11,15-16,18H,2,4-7,9-10,12-13H2. The second kappa shape index (κ2) is 6.49. The minimum absolute atomic E-state index is 0.853. The topological polar surface area (TPSA) is 28.2 Å². The molecule has 104 valence electrons. The zero-order valence-electron chi connectivity index (χ0n) is 11.7. The molecule has 1 saturated carbocycles. The minimum atomic E-state index is 0.853. The lowest BCUT2D eigenvalue weighted by atomic mass is 9.97. The predicted octanol–water partition coefficient (Wildman–Crippen LogP) is 2.09. The molecule has 19 heavy (non-hydrogen) atoms. The van der Waals surface area contributed by atoms with Gasteiger partial charge in [0.2, 0.25) is 0 Å². The molecule has 1 aliphatic carbocycles. The fourth-order valence-electron chi connectivity index (χ4n) is 2.98. The molecule has 1 aromatic rings. The maximum atomic E-state index is 4.19. The van der Waals surface area contributed by atoms with E-state index in [4.69, 9.17) is 0 Å². The van der Waals surface area contributed by atoms with E-state index < -0.39 is 0 Å². The third kappa shape index (κ3) is 4.29. The van der Waals surface area contributed by atoms with Crippen molar-refractivity contribution in [2.45, 2.75) is 38.1 Å². The Morgan fingerprint density at radius 2 is 2.26 bits per heavy atom. The molecule has 1 saturated heterocycles. The molecule has 1 unspecified atom stereocenters. The normalized spacial score (nSPS) is 24.5. The van der Waals surface area contributed by atoms with Crippen LogP contribution >= 0.6 is 0 Å². The van der Waals surface area contributed by atoms with Crippen molar-refractivity contribution in [2.24, 2.45) is 5.92 Å². The van der Waals surface area contributed by atoms with Gasteiger partial charge in [0.15, 0.2) is 0 Å². The summed E-state index contributed by atoms with van der Waals surface area (Å²) in [4.78, 5) is 6.83. The van der Waals surface area contributed by atoms with Gasteiger partial charge in [-0.3, -0.25) is 4.98 Å². The molecule has 3 heteroatoms. The van der Waals surface area contributed by atoms with Crippen LogP contribution in [0.15, 0.2) is 24.5 Å². The van der Waals surface area contributed by atoms with Gasteiger partial charge in [0.1, 0.15) is 0 Å². The number of likely N-dealkylation sites (tertiary alicyclic amines) is 1. The summed E-state index contributed by atoms with van der Waals surface area (Å²) in [5, 5.41) is 3.68. The Hall–Kier alpha value is -0.930. The Bertz CT molecular complexity index is 375. The van der Waals surface area contributed by atoms with Gasteiger partial charge in [0.25, 0.3) is 0 Å². The highest BCUT2D eigenvalue weighted by molar-refractivity contribution is 5.08. The Labute approximate surface area is 116 Å². The lowest BCUT2D eigenvalue weighted by molar-refractivity contribution is 0.174. The van der Waals surface area contributed by atoms with Crippen LogP contribution in [0.25, 0.3) is 0 Å². The van der Waals surface area contributed by atoms with Crippen molar-refractivity contribution in [3.63, 3.8) is 0 Å². The monoisotopic (exact) mass is 259 g/mol. The van der Waals surface area contributed by atoms with E-state index in [-0.39, 0.29) is 0 Å². The third-order valence-corrected chi connectivity index (χ3v) is 4.32. The van der Waals surface area contributed by atoms with E-state index >= 15 is 0 Å². The molecule has 0 bridgehead atoms. The van der Waals surface area contributed by atoms with Gasteiger partial charge in [-0.25, -0.2) is 0 Å². The van der Waals surface area contributed by atoms with Crippen LogP contribution in [0.2, 0.25) is 0 Å². The van der Waals surface area contributed by atoms with E-state index in [9.17, 15) is 0 Å². The molecule has 2 aliphatic rings. The first-order valence-electron chi connectivity index (χ1n) is 7.75. The average molecular weight is 259 g/mol. The number of aromatic nitrogens is 1. The second-order valence-electron chi connectivity index (χ2n) is 6.10. The smallest absolute Gasteiger partial charge is 0.0300 e. The summed E-state index contributed by atoms with van der Waals surface area (Å²) in [7, 11) is 0. The van der Waals surface area contributed by atoms with Crippen molar-refractivity contribution in [2.75, 3.05) is 26.2 Å². The van der Waals surface area contributed by atoms with Gasteiger partial charge in [-0.15, -0.1) is 0 Å². The van der Waals surface area contributed by atoms with Gasteiger partial charge in [-0.05, 0) is 62.7 Å². The van der Waals surface area contributed by atoms with Crippen LogP contribution in [-0.2, 0) is 6.42 Å². The van der Waals surface area contributed by atoms with Gasteiger partial charge in [-0.2, -0.15) is 0 Å². The van der Waals surface area contributed by atoms with Crippen LogP contribution in [-0.4, -0.2) is 42.1 Å². The fraction of sp³-hybridized carbons (Fsp3) is 0.688. The number of pyridine rings is 1. The maximum absolute atomic E-state index is 4.19. The molecule has 2 heterocycles. The first-order valence-corrected chi connectivity index (χ1v) is 7.75. The van der Waals surface area contributed by atoms with E-state index in [1.807, 2.05) is 18.5 Å². The number of rotatable bonds is 6. The van der Waals surface area contributed by atoms with Crippen LogP contribution in [0.3, 0.4) is 0 Å². The SMILES string of the molecule is c1cncc(CCN2CCCC(CNC3CC3)C2)c1. The van der Waals surface area contributed by atoms with Crippen LogP contribution < -0.4 is 5.32 Å². The zero-order chi connectivity index (χ0) is 12.9. The molecule has 1 aromatic heterocycles. The highest BCUT2D eigenvalue weighted by Gasteiger charge is 2.24. The van der Waals surface area contributed by atoms with Gasteiger partial charge in [0.05, 0.1) is 0 Å². The molecule has 0 spiro atoms. The number of nitrogens with zero attached hydrogens (tertiary/aromatic N) is 2. The fourth-order valence-corrected chi connectivity index (χ4v) is 2.98. The largest absolute Gasteiger partial charge is 0.314 e. The number of nitrogens with one attached hydrogen (secondary N) is 1. The van der Waals surface area contributed by atoms with Crippen LogP contribution in [0, 0.1) is 5.92 Å². The summed E-state index contributed by atoms with van der Waals surface area (Å²) in [6.07, 6.45) is 10.6. The Morgan fingerprint density at radius 1 is 1.32 bits per heavy atom. The first kappa shape index (κ1) is 13.1. The van der Waals surface area contributed by atoms with Crippen LogP contribution in [0.5, 0.6) is 0 Å². The minimum Gasteiger partial charge on any atom is -0.314 e. The molecule has 1 aliphatic heterocycles. The van der Waals surface area contributed by atoms with E-state index in [0.29, 0.717) is 0 Å². The maximum Gasteiger partial charge on any atom is 0.0300 e. The Kier molecular flexibility index (Phi) is 4.46. The molecule has 0 radical (unpaired) electrons. The lowest BCUT2D eigenvalue weighted by Gasteiger charge is -2.33. The summed E-state index contributed by atoms with van der Waals surface area (Å²) in [6, 6.07) is 5.07. The van der Waals surface area contributed by atoms with Gasteiger partial charge < -0.3 is 10.2 Å². The summed E-state index contributed by atoms with van der Waals surface area (Å²) in [5.74, 6) is 0.864. The highest BCUT2D eigenvalue weighted by atomic mass is 15.1. The van der Waals surface area contributed by atoms with Crippen molar-refractivity contribution in [3.05, 3.63) is 30.1 Å². The molecule has 1 N–H and O–H groups in total. The average Bonchev–Trinajstić information content (AvgIpc) is 3.29. The van der Waals surface area contributed by atoms with Crippen molar-refractivity contribution >= 4 is 0 Å². The molecule has 2 fully saturated rings. The molecular formula is C16H25N3. The molecule has 0 amide bonds. The number of piperidine rings is 1. The Morgan fingerprint density at radius 3 is 3.05 bits per heavy atom. The van der Waals surface area contributed by atoms with Crippen molar-refractivity contribution in [1.29, 1.82) is 0 Å². The zero-order valence-corrected chi connectivity index (χ0v) is 11.7. The summed E-state index contributed by atoms with van der Waals surface area (Å²) >= 11 is 0. The second-order valence-corrected chi connectivity index (χ2v) is 6.10. The molecule has 3 nitrogen and oxygen atoms in total. The van der Waals surface area contributed by atoms with E-state index in [1.165, 1.54) is 57.4 Å². The van der Waals surface area contributed by atoms with Crippen LogP contribution in [0.1, 0.15) is 31.2 Å². The van der Waals surface area contributed by atoms with Crippen molar-refractivity contribution in [3.8, 4) is 0 Å². The quantitative estimate of drug-likeness (QED) is 0.848. The van der Waals surface area contributed by atoms with E-state index in [0.717, 1.165) is 18.4 Å². The summed E-state index contributed by atoms with van der Waals surface area (Å²) in [6.45, 7) is 4.97. The Balaban J connectivity index is 1.40. The number of hydrogen-bond donors (Lipinski definition) is 1. The first-order chi connectivity index (χ1) is 9.40. The van der Waals surface area contributed by atoms with Gasteiger partial charge in [-0.1, -0.05) is 6.07 Å². The third-order valence-electron chi connectivity index (χ3n) is 4.32. The van der Waals surface area contributed by atoms with Gasteiger partial charge >= 0.3 is 0 Å². The molecule has 3 rings (SSSR count). The van der Waals surface area contributed by atoms with Crippen molar-refractivity contribution in [1.82, 2.24) is 15.2 Å². The molecule has 1 atom stereocenters. The molecule has 0 aromatic carbocycles. The summed E-state index contributed by atoms with van der Waals surface area (Å²) < 4.78 is 0. The predicted molar refractivity (Wildman–Crippen MR) is 78.1 cm³/mol.